The van der Waals surface area contributed by atoms with E-state index in [9.17, 15) is 18.3 Å². The first-order chi connectivity index (χ1) is 13.9. The van der Waals surface area contributed by atoms with Gasteiger partial charge < -0.3 is 10.1 Å². The first-order valence-corrected chi connectivity index (χ1v) is 11.0. The highest BCUT2D eigenvalue weighted by atomic mass is 35.5. The number of fused-ring (bicyclic) bond motifs is 1. The smallest absolute Gasteiger partial charge is 0.325 e. The van der Waals surface area contributed by atoms with Crippen LogP contribution in [0.15, 0.2) is 59.6 Å². The minimum Gasteiger partial charge on any atom is -0.480 e. The third-order valence-electron chi connectivity index (χ3n) is 5.23. The van der Waals surface area contributed by atoms with E-state index in [1.54, 1.807) is 53.6 Å². The van der Waals surface area contributed by atoms with Crippen molar-refractivity contribution in [3.8, 4) is 0 Å². The summed E-state index contributed by atoms with van der Waals surface area (Å²) in [6, 6.07) is 12.7. The molecule has 1 fully saturated rings. The lowest BCUT2D eigenvalue weighted by Crippen LogP contribution is -2.50. The summed E-state index contributed by atoms with van der Waals surface area (Å²) in [5, 5.41) is 11.1. The maximum Gasteiger partial charge on any atom is 0.325 e. The van der Waals surface area contributed by atoms with Crippen molar-refractivity contribution in [1.82, 2.24) is 14.2 Å². The number of aliphatic carboxylic acids is 1. The number of nitrogens with zero attached hydrogens (tertiary/aromatic N) is 2. The molecule has 0 saturated carbocycles. The number of H-pyrrole nitrogens is 1. The van der Waals surface area contributed by atoms with Gasteiger partial charge >= 0.3 is 5.97 Å². The summed E-state index contributed by atoms with van der Waals surface area (Å²) in [7, 11) is -3.59. The van der Waals surface area contributed by atoms with Crippen molar-refractivity contribution in [2.24, 2.45) is 0 Å². The molecular formula is C20H20ClN3O4S. The van der Waals surface area contributed by atoms with E-state index in [-0.39, 0.29) is 18.0 Å². The molecule has 9 heteroatoms. The van der Waals surface area contributed by atoms with E-state index in [1.165, 1.54) is 4.31 Å². The number of aromatic nitrogens is 1. The molecule has 0 amide bonds. The monoisotopic (exact) mass is 433 g/mol. The van der Waals surface area contributed by atoms with Crippen LogP contribution in [0.5, 0.6) is 0 Å². The van der Waals surface area contributed by atoms with Gasteiger partial charge in [-0.1, -0.05) is 35.9 Å². The van der Waals surface area contributed by atoms with Gasteiger partial charge in [0.05, 0.1) is 9.92 Å². The number of sulfonamides is 1. The van der Waals surface area contributed by atoms with E-state index in [0.717, 1.165) is 5.52 Å². The lowest BCUT2D eigenvalue weighted by atomic mass is 10.0. The fraction of sp³-hybridized carbons (Fsp3) is 0.250. The lowest BCUT2D eigenvalue weighted by Gasteiger charge is -2.37. The van der Waals surface area contributed by atoms with Crippen LogP contribution < -0.4 is 0 Å². The van der Waals surface area contributed by atoms with Crippen LogP contribution >= 0.6 is 11.6 Å². The van der Waals surface area contributed by atoms with Gasteiger partial charge in [0, 0.05) is 48.8 Å². The molecular weight excluding hydrogens is 414 g/mol. The minimum absolute atomic E-state index is 0.219. The molecule has 7 nitrogen and oxygen atoms in total. The van der Waals surface area contributed by atoms with E-state index >= 15 is 0 Å². The molecule has 29 heavy (non-hydrogen) atoms. The number of carboxylic acids is 1. The first-order valence-electron chi connectivity index (χ1n) is 9.17. The van der Waals surface area contributed by atoms with Gasteiger partial charge in [-0.2, -0.15) is 4.31 Å². The van der Waals surface area contributed by atoms with Gasteiger partial charge in [0.25, 0.3) is 0 Å². The van der Waals surface area contributed by atoms with Gasteiger partial charge in [0.15, 0.2) is 0 Å². The normalized spacial score (nSPS) is 17.4. The number of benzene rings is 2. The van der Waals surface area contributed by atoms with Gasteiger partial charge in [0.2, 0.25) is 10.0 Å². The Labute approximate surface area is 173 Å². The van der Waals surface area contributed by atoms with E-state index < -0.39 is 22.0 Å². The number of aromatic amines is 1. The quantitative estimate of drug-likeness (QED) is 0.645. The number of carbonyl (C=O) groups is 1. The molecule has 2 aromatic carbocycles. The Balaban J connectivity index is 1.58. The van der Waals surface area contributed by atoms with Crippen LogP contribution in [0.4, 0.5) is 0 Å². The van der Waals surface area contributed by atoms with E-state index in [4.69, 9.17) is 11.6 Å². The third-order valence-corrected chi connectivity index (χ3v) is 7.46. The minimum atomic E-state index is -3.59. The van der Waals surface area contributed by atoms with Crippen LogP contribution in [0, 0.1) is 0 Å². The number of rotatable bonds is 5. The molecule has 4 rings (SSSR count). The van der Waals surface area contributed by atoms with Gasteiger partial charge in [-0.05, 0) is 24.3 Å². The Morgan fingerprint density at radius 2 is 1.72 bits per heavy atom. The largest absolute Gasteiger partial charge is 0.480 e. The fourth-order valence-electron chi connectivity index (χ4n) is 3.81. The van der Waals surface area contributed by atoms with E-state index in [2.05, 4.69) is 4.98 Å². The van der Waals surface area contributed by atoms with Gasteiger partial charge in [0.1, 0.15) is 6.04 Å². The number of carboxylic acid groups (broad SMARTS) is 1. The topological polar surface area (TPSA) is 93.7 Å². The number of piperazine rings is 1. The van der Waals surface area contributed by atoms with Crippen LogP contribution in [0.2, 0.25) is 5.02 Å². The molecule has 1 unspecified atom stereocenters. The molecule has 0 aliphatic carbocycles. The fourth-order valence-corrected chi connectivity index (χ4v) is 5.54. The Morgan fingerprint density at radius 1 is 1.03 bits per heavy atom. The maximum absolute atomic E-state index is 12.8. The molecule has 0 radical (unpaired) electrons. The molecule has 1 aromatic heterocycles. The third kappa shape index (κ3) is 3.64. The molecule has 1 aliphatic rings. The molecule has 2 N–H and O–H groups in total. The Hall–Kier alpha value is -2.39. The van der Waals surface area contributed by atoms with Crippen molar-refractivity contribution in [3.63, 3.8) is 0 Å². The van der Waals surface area contributed by atoms with Crippen molar-refractivity contribution in [3.05, 3.63) is 65.3 Å². The van der Waals surface area contributed by atoms with Crippen molar-refractivity contribution < 1.29 is 18.3 Å². The van der Waals surface area contributed by atoms with Crippen LogP contribution in [0.25, 0.3) is 10.9 Å². The zero-order chi connectivity index (χ0) is 20.6. The lowest BCUT2D eigenvalue weighted by molar-refractivity contribution is -0.144. The van der Waals surface area contributed by atoms with Crippen molar-refractivity contribution >= 4 is 38.5 Å². The summed E-state index contributed by atoms with van der Waals surface area (Å²) in [6.45, 7) is 1.05. The van der Waals surface area contributed by atoms with E-state index in [0.29, 0.717) is 29.1 Å². The van der Waals surface area contributed by atoms with Crippen molar-refractivity contribution in [1.29, 1.82) is 0 Å². The highest BCUT2D eigenvalue weighted by Gasteiger charge is 2.35. The first kappa shape index (κ1) is 19.9. The molecule has 152 valence electrons. The molecule has 2 heterocycles. The second-order valence-electron chi connectivity index (χ2n) is 6.90. The Morgan fingerprint density at radius 3 is 2.38 bits per heavy atom. The molecule has 0 bridgehead atoms. The number of nitrogens with one attached hydrogen (secondary N) is 1. The predicted molar refractivity (Wildman–Crippen MR) is 110 cm³/mol. The molecule has 1 aliphatic heterocycles. The van der Waals surface area contributed by atoms with E-state index in [1.807, 2.05) is 6.07 Å². The summed E-state index contributed by atoms with van der Waals surface area (Å²) < 4.78 is 27.0. The summed E-state index contributed by atoms with van der Waals surface area (Å²) >= 11 is 6.32. The number of hydrogen-bond acceptors (Lipinski definition) is 4. The van der Waals surface area contributed by atoms with Gasteiger partial charge in [-0.15, -0.1) is 0 Å². The Bertz CT molecular complexity index is 1140. The van der Waals surface area contributed by atoms with Gasteiger partial charge in [-0.25, -0.2) is 8.42 Å². The zero-order valence-corrected chi connectivity index (χ0v) is 17.0. The number of hydrogen-bond donors (Lipinski definition) is 2. The highest BCUT2D eigenvalue weighted by Crippen LogP contribution is 2.34. The van der Waals surface area contributed by atoms with Crippen molar-refractivity contribution in [2.45, 2.75) is 10.9 Å². The summed E-state index contributed by atoms with van der Waals surface area (Å²) in [6.07, 6.45) is 1.67. The average Bonchev–Trinajstić information content (AvgIpc) is 3.14. The standard InChI is InChI=1S/C20H20ClN3O4S/c21-16-7-4-8-17-18(16)15(13-22-17)19(20(25)26)23-9-11-24(12-10-23)29(27,28)14-5-2-1-3-6-14/h1-8,13,19,22H,9-12H2,(H,25,26). The number of halogens is 1. The van der Waals surface area contributed by atoms with Crippen molar-refractivity contribution in [2.75, 3.05) is 26.2 Å². The summed E-state index contributed by atoms with van der Waals surface area (Å²) in [4.78, 5) is 17.2. The zero-order valence-electron chi connectivity index (χ0n) is 15.5. The second-order valence-corrected chi connectivity index (χ2v) is 9.25. The maximum atomic E-state index is 12.8. The molecule has 1 saturated heterocycles. The second kappa shape index (κ2) is 7.79. The van der Waals surface area contributed by atoms with Gasteiger partial charge in [-0.3, -0.25) is 9.69 Å². The molecule has 3 aromatic rings. The SMILES string of the molecule is O=C(O)C(c1c[nH]c2cccc(Cl)c12)N1CCN(S(=O)(=O)c2ccccc2)CC1. The Kier molecular flexibility index (Phi) is 5.35. The van der Waals surface area contributed by atoms with Crippen LogP contribution in [-0.2, 0) is 14.8 Å². The summed E-state index contributed by atoms with van der Waals surface area (Å²) in [5.74, 6) is -0.995. The van der Waals surface area contributed by atoms with Crippen LogP contribution in [-0.4, -0.2) is 59.9 Å². The molecule has 1 atom stereocenters. The van der Waals surface area contributed by atoms with Crippen LogP contribution in [0.1, 0.15) is 11.6 Å². The highest BCUT2D eigenvalue weighted by molar-refractivity contribution is 7.89. The molecule has 0 spiro atoms. The van der Waals surface area contributed by atoms with Crippen LogP contribution in [0.3, 0.4) is 0 Å². The summed E-state index contributed by atoms with van der Waals surface area (Å²) in [5.41, 5.74) is 1.35. The predicted octanol–water partition coefficient (Wildman–Crippen LogP) is 2.95. The average molecular weight is 434 g/mol.